The van der Waals surface area contributed by atoms with Crippen molar-refractivity contribution < 1.29 is 9.84 Å². The first-order valence-electron chi connectivity index (χ1n) is 7.77. The highest BCUT2D eigenvalue weighted by molar-refractivity contribution is 5.29. The Morgan fingerprint density at radius 3 is 2.35 bits per heavy atom. The SMILES string of the molecule is CC(C)Oc1ccc(C(C)NC2CCCCC2O)cc1. The molecule has 1 aromatic rings. The molecular weight excluding hydrogens is 250 g/mol. The normalized spacial score (nSPS) is 24.6. The summed E-state index contributed by atoms with van der Waals surface area (Å²) in [5.74, 6) is 0.911. The lowest BCUT2D eigenvalue weighted by molar-refractivity contribution is 0.0859. The second kappa shape index (κ2) is 7.09. The fourth-order valence-electron chi connectivity index (χ4n) is 2.83. The summed E-state index contributed by atoms with van der Waals surface area (Å²) in [5.41, 5.74) is 1.24. The van der Waals surface area contributed by atoms with Crippen molar-refractivity contribution in [3.63, 3.8) is 0 Å². The number of hydrogen-bond acceptors (Lipinski definition) is 3. The molecule has 0 aliphatic heterocycles. The van der Waals surface area contributed by atoms with Crippen LogP contribution in [0, 0.1) is 0 Å². The maximum absolute atomic E-state index is 10.0. The Balaban J connectivity index is 1.93. The maximum Gasteiger partial charge on any atom is 0.119 e. The molecule has 112 valence electrons. The fourth-order valence-corrected chi connectivity index (χ4v) is 2.83. The lowest BCUT2D eigenvalue weighted by atomic mass is 9.91. The van der Waals surface area contributed by atoms with Crippen molar-refractivity contribution in [1.29, 1.82) is 0 Å². The molecule has 2 N–H and O–H groups in total. The van der Waals surface area contributed by atoms with E-state index in [2.05, 4.69) is 24.4 Å². The van der Waals surface area contributed by atoms with Crippen LogP contribution in [0.5, 0.6) is 5.75 Å². The molecule has 0 amide bonds. The average Bonchev–Trinajstić information content (AvgIpc) is 2.41. The molecule has 3 atom stereocenters. The number of benzene rings is 1. The molecule has 2 rings (SSSR count). The summed E-state index contributed by atoms with van der Waals surface area (Å²) in [4.78, 5) is 0. The van der Waals surface area contributed by atoms with Gasteiger partial charge < -0.3 is 15.2 Å². The predicted octanol–water partition coefficient (Wildman–Crippen LogP) is 3.43. The molecule has 0 aromatic heterocycles. The van der Waals surface area contributed by atoms with E-state index in [1.807, 2.05) is 26.0 Å². The summed E-state index contributed by atoms with van der Waals surface area (Å²) in [7, 11) is 0. The number of hydrogen-bond donors (Lipinski definition) is 2. The van der Waals surface area contributed by atoms with Crippen LogP contribution >= 0.6 is 0 Å². The van der Waals surface area contributed by atoms with Gasteiger partial charge in [-0.3, -0.25) is 0 Å². The highest BCUT2D eigenvalue weighted by atomic mass is 16.5. The molecule has 1 aliphatic rings. The van der Waals surface area contributed by atoms with Crippen LogP contribution in [-0.4, -0.2) is 23.4 Å². The maximum atomic E-state index is 10.0. The first-order valence-corrected chi connectivity index (χ1v) is 7.77. The third kappa shape index (κ3) is 4.22. The summed E-state index contributed by atoms with van der Waals surface area (Å²) >= 11 is 0. The van der Waals surface area contributed by atoms with Crippen molar-refractivity contribution in [2.45, 2.75) is 70.7 Å². The van der Waals surface area contributed by atoms with Gasteiger partial charge in [0.25, 0.3) is 0 Å². The van der Waals surface area contributed by atoms with Gasteiger partial charge in [0.2, 0.25) is 0 Å². The zero-order valence-corrected chi connectivity index (χ0v) is 12.8. The van der Waals surface area contributed by atoms with Gasteiger partial charge >= 0.3 is 0 Å². The van der Waals surface area contributed by atoms with Crippen LogP contribution in [-0.2, 0) is 0 Å². The van der Waals surface area contributed by atoms with Crippen molar-refractivity contribution in [2.24, 2.45) is 0 Å². The van der Waals surface area contributed by atoms with E-state index < -0.39 is 0 Å². The van der Waals surface area contributed by atoms with Gasteiger partial charge in [-0.2, -0.15) is 0 Å². The van der Waals surface area contributed by atoms with Gasteiger partial charge in [-0.15, -0.1) is 0 Å². The molecule has 1 saturated carbocycles. The molecule has 0 spiro atoms. The molecule has 0 radical (unpaired) electrons. The van der Waals surface area contributed by atoms with Crippen LogP contribution in [0.15, 0.2) is 24.3 Å². The molecule has 1 aromatic carbocycles. The second-order valence-corrected chi connectivity index (χ2v) is 6.08. The van der Waals surface area contributed by atoms with E-state index in [0.717, 1.165) is 25.0 Å². The Bertz CT molecular complexity index is 402. The Kier molecular flexibility index (Phi) is 5.44. The summed E-state index contributed by atoms with van der Waals surface area (Å²) < 4.78 is 5.66. The van der Waals surface area contributed by atoms with E-state index in [9.17, 15) is 5.11 Å². The summed E-state index contributed by atoms with van der Waals surface area (Å²) in [6.45, 7) is 6.21. The molecule has 3 heteroatoms. The lowest BCUT2D eigenvalue weighted by Gasteiger charge is -2.31. The Labute approximate surface area is 122 Å². The van der Waals surface area contributed by atoms with Crippen LogP contribution in [0.4, 0.5) is 0 Å². The number of aliphatic hydroxyl groups excluding tert-OH is 1. The number of rotatable bonds is 5. The van der Waals surface area contributed by atoms with E-state index >= 15 is 0 Å². The van der Waals surface area contributed by atoms with Gasteiger partial charge in [0.15, 0.2) is 0 Å². The highest BCUT2D eigenvalue weighted by Crippen LogP contribution is 2.23. The quantitative estimate of drug-likeness (QED) is 0.866. The number of nitrogens with one attached hydrogen (secondary N) is 1. The van der Waals surface area contributed by atoms with Gasteiger partial charge in [0, 0.05) is 12.1 Å². The third-order valence-electron chi connectivity index (χ3n) is 3.95. The Hall–Kier alpha value is -1.06. The molecule has 3 unspecified atom stereocenters. The number of aliphatic hydroxyl groups is 1. The Morgan fingerprint density at radius 2 is 1.75 bits per heavy atom. The van der Waals surface area contributed by atoms with Gasteiger partial charge in [0.1, 0.15) is 5.75 Å². The molecule has 1 aliphatic carbocycles. The van der Waals surface area contributed by atoms with Crippen LogP contribution in [0.25, 0.3) is 0 Å². The summed E-state index contributed by atoms with van der Waals surface area (Å²) in [6.07, 6.45) is 4.35. The molecular formula is C17H27NO2. The van der Waals surface area contributed by atoms with Crippen molar-refractivity contribution in [2.75, 3.05) is 0 Å². The summed E-state index contributed by atoms with van der Waals surface area (Å²) in [5, 5.41) is 13.6. The van der Waals surface area contributed by atoms with Gasteiger partial charge in [-0.25, -0.2) is 0 Å². The zero-order chi connectivity index (χ0) is 14.5. The Morgan fingerprint density at radius 1 is 1.10 bits per heavy atom. The van der Waals surface area contributed by atoms with E-state index in [1.54, 1.807) is 0 Å². The van der Waals surface area contributed by atoms with E-state index in [4.69, 9.17) is 4.74 Å². The van der Waals surface area contributed by atoms with Gasteiger partial charge in [0.05, 0.1) is 12.2 Å². The van der Waals surface area contributed by atoms with Crippen LogP contribution in [0.3, 0.4) is 0 Å². The highest BCUT2D eigenvalue weighted by Gasteiger charge is 2.24. The third-order valence-corrected chi connectivity index (χ3v) is 3.95. The first kappa shape index (κ1) is 15.3. The van der Waals surface area contributed by atoms with Crippen LogP contribution < -0.4 is 10.1 Å². The molecule has 20 heavy (non-hydrogen) atoms. The molecule has 3 nitrogen and oxygen atoms in total. The molecule has 0 heterocycles. The van der Waals surface area contributed by atoms with E-state index in [-0.39, 0.29) is 24.3 Å². The second-order valence-electron chi connectivity index (χ2n) is 6.08. The average molecular weight is 277 g/mol. The van der Waals surface area contributed by atoms with E-state index in [0.29, 0.717) is 0 Å². The monoisotopic (exact) mass is 277 g/mol. The zero-order valence-electron chi connectivity index (χ0n) is 12.8. The van der Waals surface area contributed by atoms with Crippen LogP contribution in [0.1, 0.15) is 58.1 Å². The fraction of sp³-hybridized carbons (Fsp3) is 0.647. The standard InChI is InChI=1S/C17H27NO2/c1-12(2)20-15-10-8-14(9-11-15)13(3)18-16-6-4-5-7-17(16)19/h8-13,16-19H,4-7H2,1-3H3. The van der Waals surface area contributed by atoms with Gasteiger partial charge in [-0.05, 0) is 51.3 Å². The minimum absolute atomic E-state index is 0.199. The van der Waals surface area contributed by atoms with E-state index in [1.165, 1.54) is 12.0 Å². The topological polar surface area (TPSA) is 41.5 Å². The minimum Gasteiger partial charge on any atom is -0.491 e. The van der Waals surface area contributed by atoms with Crippen molar-refractivity contribution in [3.05, 3.63) is 29.8 Å². The molecule has 0 bridgehead atoms. The minimum atomic E-state index is -0.199. The lowest BCUT2D eigenvalue weighted by Crippen LogP contribution is -2.43. The largest absolute Gasteiger partial charge is 0.491 e. The van der Waals surface area contributed by atoms with Crippen molar-refractivity contribution in [3.8, 4) is 5.75 Å². The van der Waals surface area contributed by atoms with Crippen molar-refractivity contribution >= 4 is 0 Å². The first-order chi connectivity index (χ1) is 9.56. The van der Waals surface area contributed by atoms with Crippen molar-refractivity contribution in [1.82, 2.24) is 5.32 Å². The van der Waals surface area contributed by atoms with Crippen LogP contribution in [0.2, 0.25) is 0 Å². The smallest absolute Gasteiger partial charge is 0.119 e. The number of ether oxygens (including phenoxy) is 1. The summed E-state index contributed by atoms with van der Waals surface area (Å²) in [6, 6.07) is 8.72. The van der Waals surface area contributed by atoms with Gasteiger partial charge in [-0.1, -0.05) is 25.0 Å². The predicted molar refractivity (Wildman–Crippen MR) is 82.0 cm³/mol. The molecule has 0 saturated heterocycles. The molecule has 1 fully saturated rings.